The minimum absolute atomic E-state index is 0.456. The quantitative estimate of drug-likeness (QED) is 0.184. The molecule has 49 heavy (non-hydrogen) atoms. The molecule has 0 fully saturated rings. The van der Waals surface area contributed by atoms with Crippen LogP contribution in [-0.4, -0.2) is 19.9 Å². The first-order valence-corrected chi connectivity index (χ1v) is 16.5. The van der Waals surface area contributed by atoms with Crippen molar-refractivity contribution in [2.45, 2.75) is 5.41 Å². The number of benzene rings is 6. The van der Waals surface area contributed by atoms with Crippen molar-refractivity contribution in [1.82, 2.24) is 19.9 Å². The minimum Gasteiger partial charge on any atom is -0.264 e. The van der Waals surface area contributed by atoms with Gasteiger partial charge in [-0.05, 0) is 56.6 Å². The standard InChI is InChI=1S/C45H30N4/c1-4-13-32(14-5-1)42-47-43(33-24-22-31(23-25-33)35-15-12-28-46-30-35)49-44(48-42)34-26-27-41-39(29-34)38-20-10-11-21-40(38)45(41,36-16-6-2-7-17-36)37-18-8-3-9-19-37/h1-30H. The van der Waals surface area contributed by atoms with E-state index in [2.05, 4.69) is 138 Å². The smallest absolute Gasteiger partial charge is 0.164 e. The minimum atomic E-state index is -0.456. The zero-order valence-corrected chi connectivity index (χ0v) is 26.6. The van der Waals surface area contributed by atoms with Crippen molar-refractivity contribution in [3.63, 3.8) is 0 Å². The molecule has 1 aliphatic rings. The molecule has 0 saturated carbocycles. The van der Waals surface area contributed by atoms with Crippen LogP contribution in [0.5, 0.6) is 0 Å². The molecule has 4 heteroatoms. The fraction of sp³-hybridized carbons (Fsp3) is 0.0222. The van der Waals surface area contributed by atoms with Crippen molar-refractivity contribution in [3.05, 3.63) is 205 Å². The lowest BCUT2D eigenvalue weighted by atomic mass is 9.67. The van der Waals surface area contributed by atoms with E-state index in [0.717, 1.165) is 27.8 Å². The number of hydrogen-bond donors (Lipinski definition) is 0. The number of pyridine rings is 1. The molecule has 0 amide bonds. The van der Waals surface area contributed by atoms with Gasteiger partial charge in [0.1, 0.15) is 0 Å². The maximum absolute atomic E-state index is 5.10. The highest BCUT2D eigenvalue weighted by molar-refractivity contribution is 5.88. The van der Waals surface area contributed by atoms with Gasteiger partial charge in [0.25, 0.3) is 0 Å². The van der Waals surface area contributed by atoms with Gasteiger partial charge in [-0.2, -0.15) is 0 Å². The SMILES string of the molecule is c1ccc(-c2nc(-c3ccc(-c4cccnc4)cc3)nc(-c3ccc4c(c3)-c3ccccc3C4(c3ccccc3)c3ccccc3)n2)cc1. The van der Waals surface area contributed by atoms with Crippen LogP contribution < -0.4 is 0 Å². The van der Waals surface area contributed by atoms with Gasteiger partial charge in [-0.15, -0.1) is 0 Å². The molecular formula is C45H30N4. The van der Waals surface area contributed by atoms with Gasteiger partial charge in [0, 0.05) is 29.1 Å². The molecular weight excluding hydrogens is 597 g/mol. The number of fused-ring (bicyclic) bond motifs is 3. The highest BCUT2D eigenvalue weighted by atomic mass is 15.0. The highest BCUT2D eigenvalue weighted by Gasteiger charge is 2.46. The molecule has 6 aromatic carbocycles. The summed E-state index contributed by atoms with van der Waals surface area (Å²) < 4.78 is 0. The molecule has 0 aliphatic heterocycles. The van der Waals surface area contributed by atoms with Gasteiger partial charge < -0.3 is 0 Å². The summed E-state index contributed by atoms with van der Waals surface area (Å²) in [4.78, 5) is 19.4. The fourth-order valence-electron chi connectivity index (χ4n) is 7.28. The molecule has 0 atom stereocenters. The lowest BCUT2D eigenvalue weighted by Gasteiger charge is -2.33. The van der Waals surface area contributed by atoms with Crippen molar-refractivity contribution < 1.29 is 0 Å². The van der Waals surface area contributed by atoms with Crippen LogP contribution in [0.4, 0.5) is 0 Å². The Balaban J connectivity index is 1.23. The third-order valence-corrected chi connectivity index (χ3v) is 9.52. The Morgan fingerprint density at radius 2 is 0.837 bits per heavy atom. The summed E-state index contributed by atoms with van der Waals surface area (Å²) in [7, 11) is 0. The molecule has 230 valence electrons. The van der Waals surface area contributed by atoms with Crippen molar-refractivity contribution in [2.24, 2.45) is 0 Å². The Hall–Kier alpha value is -6.52. The first-order chi connectivity index (χ1) is 24.3. The van der Waals surface area contributed by atoms with E-state index in [1.165, 1.54) is 33.4 Å². The van der Waals surface area contributed by atoms with Crippen LogP contribution in [0, 0.1) is 0 Å². The first kappa shape index (κ1) is 28.7. The van der Waals surface area contributed by atoms with E-state index in [-0.39, 0.29) is 0 Å². The summed E-state index contributed by atoms with van der Waals surface area (Å²) in [5.41, 5.74) is 11.9. The van der Waals surface area contributed by atoms with Crippen molar-refractivity contribution >= 4 is 0 Å². The molecule has 0 unspecified atom stereocenters. The molecule has 0 N–H and O–H groups in total. The Morgan fingerprint density at radius 3 is 1.47 bits per heavy atom. The van der Waals surface area contributed by atoms with Gasteiger partial charge in [0.2, 0.25) is 0 Å². The van der Waals surface area contributed by atoms with Gasteiger partial charge in [-0.1, -0.05) is 158 Å². The Morgan fingerprint density at radius 1 is 0.347 bits per heavy atom. The van der Waals surface area contributed by atoms with Crippen LogP contribution in [0.1, 0.15) is 22.3 Å². The predicted octanol–water partition coefficient (Wildman–Crippen LogP) is 10.3. The lowest BCUT2D eigenvalue weighted by Crippen LogP contribution is -2.28. The summed E-state index contributed by atoms with van der Waals surface area (Å²) in [5.74, 6) is 1.91. The Kier molecular flexibility index (Phi) is 6.98. The molecule has 0 spiro atoms. The number of rotatable bonds is 6. The second kappa shape index (κ2) is 11.9. The van der Waals surface area contributed by atoms with Crippen molar-refractivity contribution in [1.29, 1.82) is 0 Å². The van der Waals surface area contributed by atoms with E-state index < -0.39 is 5.41 Å². The maximum Gasteiger partial charge on any atom is 0.164 e. The zero-order chi connectivity index (χ0) is 32.6. The molecule has 2 aromatic heterocycles. The zero-order valence-electron chi connectivity index (χ0n) is 26.6. The Bertz CT molecular complexity index is 2370. The number of aromatic nitrogens is 4. The summed E-state index contributed by atoms with van der Waals surface area (Å²) >= 11 is 0. The summed E-state index contributed by atoms with van der Waals surface area (Å²) in [5, 5.41) is 0. The van der Waals surface area contributed by atoms with Crippen LogP contribution >= 0.6 is 0 Å². The van der Waals surface area contributed by atoms with Crippen LogP contribution in [0.25, 0.3) is 56.4 Å². The number of nitrogens with zero attached hydrogens (tertiary/aromatic N) is 4. The monoisotopic (exact) mass is 626 g/mol. The molecule has 1 aliphatic carbocycles. The fourth-order valence-corrected chi connectivity index (χ4v) is 7.28. The molecule has 4 nitrogen and oxygen atoms in total. The van der Waals surface area contributed by atoms with E-state index >= 15 is 0 Å². The third-order valence-electron chi connectivity index (χ3n) is 9.52. The van der Waals surface area contributed by atoms with Gasteiger partial charge in [0.15, 0.2) is 17.5 Å². The summed E-state index contributed by atoms with van der Waals surface area (Å²) in [6.07, 6.45) is 3.66. The number of hydrogen-bond acceptors (Lipinski definition) is 4. The highest BCUT2D eigenvalue weighted by Crippen LogP contribution is 2.56. The van der Waals surface area contributed by atoms with Crippen LogP contribution in [-0.2, 0) is 5.41 Å². The van der Waals surface area contributed by atoms with Crippen molar-refractivity contribution in [2.75, 3.05) is 0 Å². The van der Waals surface area contributed by atoms with Crippen molar-refractivity contribution in [3.8, 4) is 56.4 Å². The normalized spacial score (nSPS) is 12.7. The molecule has 0 bridgehead atoms. The molecule has 8 aromatic rings. The Labute approximate surface area is 285 Å². The second-order valence-corrected chi connectivity index (χ2v) is 12.3. The second-order valence-electron chi connectivity index (χ2n) is 12.3. The van der Waals surface area contributed by atoms with Gasteiger partial charge in [-0.3, -0.25) is 4.98 Å². The van der Waals surface area contributed by atoms with E-state index in [1.54, 1.807) is 6.20 Å². The van der Waals surface area contributed by atoms with E-state index in [9.17, 15) is 0 Å². The average Bonchev–Trinajstić information content (AvgIpc) is 3.49. The topological polar surface area (TPSA) is 51.6 Å². The third kappa shape index (κ3) is 4.85. The first-order valence-electron chi connectivity index (χ1n) is 16.5. The van der Waals surface area contributed by atoms with Crippen LogP contribution in [0.2, 0.25) is 0 Å². The average molecular weight is 627 g/mol. The largest absolute Gasteiger partial charge is 0.264 e. The van der Waals surface area contributed by atoms with Gasteiger partial charge >= 0.3 is 0 Å². The molecule has 0 radical (unpaired) electrons. The lowest BCUT2D eigenvalue weighted by molar-refractivity contribution is 0.768. The maximum atomic E-state index is 5.10. The van der Waals surface area contributed by atoms with Crippen LogP contribution in [0.3, 0.4) is 0 Å². The molecule has 9 rings (SSSR count). The van der Waals surface area contributed by atoms with E-state index in [1.807, 2.05) is 42.6 Å². The molecule has 2 heterocycles. The summed E-state index contributed by atoms with van der Waals surface area (Å²) in [6.45, 7) is 0. The summed E-state index contributed by atoms with van der Waals surface area (Å²) in [6, 6.07) is 59.7. The van der Waals surface area contributed by atoms with Crippen LogP contribution in [0.15, 0.2) is 182 Å². The van der Waals surface area contributed by atoms with E-state index in [0.29, 0.717) is 17.5 Å². The van der Waals surface area contributed by atoms with Gasteiger partial charge in [-0.25, -0.2) is 15.0 Å². The molecule has 0 saturated heterocycles. The predicted molar refractivity (Wildman–Crippen MR) is 197 cm³/mol. The van der Waals surface area contributed by atoms with Gasteiger partial charge in [0.05, 0.1) is 5.41 Å². The van der Waals surface area contributed by atoms with E-state index in [4.69, 9.17) is 15.0 Å².